The van der Waals surface area contributed by atoms with E-state index in [0.29, 0.717) is 42.7 Å². The summed E-state index contributed by atoms with van der Waals surface area (Å²) in [5.41, 5.74) is -0.581. The summed E-state index contributed by atoms with van der Waals surface area (Å²) < 4.78 is 47.4. The summed E-state index contributed by atoms with van der Waals surface area (Å²) in [6.07, 6.45) is 4.69. The van der Waals surface area contributed by atoms with E-state index in [9.17, 15) is 18.0 Å². The molecule has 2 aliphatic heterocycles. The van der Waals surface area contributed by atoms with Crippen LogP contribution in [-0.4, -0.2) is 44.6 Å². The Morgan fingerprint density at radius 3 is 2.52 bits per heavy atom. The minimum Gasteiger partial charge on any atom is -0.487 e. The first-order valence-corrected chi connectivity index (χ1v) is 11.1. The Morgan fingerprint density at radius 1 is 1.06 bits per heavy atom. The van der Waals surface area contributed by atoms with Crippen LogP contribution in [0.25, 0.3) is 0 Å². The Balaban J connectivity index is 1.30. The number of hydrogen-bond acceptors (Lipinski definition) is 5. The van der Waals surface area contributed by atoms with E-state index in [1.807, 2.05) is 0 Å². The molecule has 33 heavy (non-hydrogen) atoms. The molecule has 4 bridgehead atoms. The molecule has 6 nitrogen and oxygen atoms in total. The molecular weight excluding hydrogens is 433 g/mol. The number of carbonyl (C=O) groups excluding carboxylic acids is 1. The third-order valence-corrected chi connectivity index (χ3v) is 7.89. The van der Waals surface area contributed by atoms with Gasteiger partial charge in [-0.1, -0.05) is 11.8 Å². The number of amides is 1. The molecule has 4 aliphatic rings. The van der Waals surface area contributed by atoms with Gasteiger partial charge in [0.15, 0.2) is 0 Å². The number of fused-ring (bicyclic) bond motifs is 6. The number of rotatable bonds is 1. The molecule has 0 unspecified atom stereocenters. The van der Waals surface area contributed by atoms with Gasteiger partial charge in [0.1, 0.15) is 18.2 Å². The van der Waals surface area contributed by atoms with Crippen molar-refractivity contribution in [2.75, 3.05) is 6.54 Å². The molecule has 1 saturated heterocycles. The zero-order valence-electron chi connectivity index (χ0n) is 17.7. The average Bonchev–Trinajstić information content (AvgIpc) is 3.50. The summed E-state index contributed by atoms with van der Waals surface area (Å²) in [5.74, 6) is 6.50. The number of halogens is 3. The molecule has 2 saturated carbocycles. The Kier molecular flexibility index (Phi) is 4.29. The van der Waals surface area contributed by atoms with E-state index in [-0.39, 0.29) is 37.3 Å². The summed E-state index contributed by atoms with van der Waals surface area (Å²) >= 11 is 0. The van der Waals surface area contributed by atoms with Crippen LogP contribution in [0.1, 0.15) is 61.3 Å². The van der Waals surface area contributed by atoms with Gasteiger partial charge in [0.05, 0.1) is 34.5 Å². The van der Waals surface area contributed by atoms with Crippen LogP contribution in [0.15, 0.2) is 31.1 Å². The van der Waals surface area contributed by atoms with E-state index in [1.54, 1.807) is 29.7 Å². The highest BCUT2D eigenvalue weighted by molar-refractivity contribution is 5.85. The van der Waals surface area contributed by atoms with Crippen molar-refractivity contribution in [1.82, 2.24) is 19.9 Å². The van der Waals surface area contributed by atoms with E-state index >= 15 is 0 Å². The van der Waals surface area contributed by atoms with Gasteiger partial charge < -0.3 is 9.64 Å². The predicted octanol–water partition coefficient (Wildman–Crippen LogP) is 3.82. The van der Waals surface area contributed by atoms with Crippen molar-refractivity contribution in [2.24, 2.45) is 10.8 Å². The molecular formula is C24H21F3N4O2. The molecule has 9 heteroatoms. The fourth-order valence-electron chi connectivity index (χ4n) is 6.18. The number of hydrogen-bond donors (Lipinski definition) is 0. The highest BCUT2D eigenvalue weighted by Crippen LogP contribution is 2.68. The minimum absolute atomic E-state index is 0.0434. The highest BCUT2D eigenvalue weighted by Gasteiger charge is 2.69. The molecule has 0 spiro atoms. The Hall–Kier alpha value is -3.15. The van der Waals surface area contributed by atoms with Crippen LogP contribution in [-0.2, 0) is 4.79 Å². The molecule has 0 aromatic carbocycles. The van der Waals surface area contributed by atoms with Crippen molar-refractivity contribution in [1.29, 1.82) is 0 Å². The maximum absolute atomic E-state index is 13.7. The molecule has 0 N–H and O–H groups in total. The number of carbonyl (C=O) groups is 1. The summed E-state index contributed by atoms with van der Waals surface area (Å²) in [7, 11) is 0. The van der Waals surface area contributed by atoms with Crippen molar-refractivity contribution in [2.45, 2.75) is 56.8 Å². The topological polar surface area (TPSA) is 68.2 Å². The first kappa shape index (κ1) is 20.5. The minimum atomic E-state index is -4.26. The van der Waals surface area contributed by atoms with Crippen LogP contribution in [0, 0.1) is 22.7 Å². The van der Waals surface area contributed by atoms with Crippen molar-refractivity contribution in [3.63, 3.8) is 0 Å². The van der Waals surface area contributed by atoms with Crippen LogP contribution in [0.2, 0.25) is 0 Å². The van der Waals surface area contributed by atoms with Crippen LogP contribution >= 0.6 is 0 Å². The number of ether oxygens (including phenoxy) is 1. The van der Waals surface area contributed by atoms with Crippen LogP contribution < -0.4 is 4.74 Å². The maximum Gasteiger partial charge on any atom is 0.394 e. The van der Waals surface area contributed by atoms with Crippen LogP contribution in [0.4, 0.5) is 13.2 Å². The van der Waals surface area contributed by atoms with Gasteiger partial charge in [-0.2, -0.15) is 13.2 Å². The first-order valence-electron chi connectivity index (χ1n) is 11.1. The number of pyridine rings is 1. The molecule has 0 radical (unpaired) electrons. The van der Waals surface area contributed by atoms with Gasteiger partial charge in [0.25, 0.3) is 0 Å². The third kappa shape index (κ3) is 3.03. The van der Waals surface area contributed by atoms with Gasteiger partial charge >= 0.3 is 6.18 Å². The Labute approximate surface area is 188 Å². The predicted molar refractivity (Wildman–Crippen MR) is 110 cm³/mol. The monoisotopic (exact) mass is 454 g/mol. The molecule has 6 rings (SSSR count). The van der Waals surface area contributed by atoms with Gasteiger partial charge in [-0.25, -0.2) is 9.97 Å². The van der Waals surface area contributed by atoms with Crippen molar-refractivity contribution in [3.05, 3.63) is 47.8 Å². The van der Waals surface area contributed by atoms with Crippen LogP contribution in [0.3, 0.4) is 0 Å². The molecule has 2 aromatic heterocycles. The lowest BCUT2D eigenvalue weighted by Gasteiger charge is -2.34. The number of aromatic nitrogens is 3. The van der Waals surface area contributed by atoms with Crippen molar-refractivity contribution < 1.29 is 22.7 Å². The lowest BCUT2D eigenvalue weighted by Crippen LogP contribution is -2.41. The second-order valence-corrected chi connectivity index (χ2v) is 9.67. The first-order chi connectivity index (χ1) is 15.8. The zero-order chi connectivity index (χ0) is 22.8. The van der Waals surface area contributed by atoms with Gasteiger partial charge in [-0.15, -0.1) is 0 Å². The van der Waals surface area contributed by atoms with Crippen molar-refractivity contribution >= 4 is 5.91 Å². The smallest absolute Gasteiger partial charge is 0.394 e. The molecule has 2 aromatic rings. The van der Waals surface area contributed by atoms with E-state index < -0.39 is 17.0 Å². The molecule has 3 fully saturated rings. The summed E-state index contributed by atoms with van der Waals surface area (Å²) in [5, 5.41) is 0. The molecule has 2 atom stereocenters. The standard InChI is InChI=1S/C24H21F3N4O2/c25-24(26,27)23-5-3-22(13-23,4-6-23)21(32)31-12-17-7-19(31)18-11-28-10-16(20(18)33-17)2-1-15-8-29-14-30-9-15/h8-11,14,17,19H,3-7,12-13H2/t17-,19-,22?,23?/m0/s1. The lowest BCUT2D eigenvalue weighted by atomic mass is 9.81. The van der Waals surface area contributed by atoms with E-state index in [1.165, 1.54) is 6.33 Å². The second kappa shape index (κ2) is 6.92. The quantitative estimate of drug-likeness (QED) is 0.613. The fraction of sp³-hybridized carbons (Fsp3) is 0.500. The fourth-order valence-corrected chi connectivity index (χ4v) is 6.18. The molecule has 1 amide bonds. The number of nitrogens with zero attached hydrogens (tertiary/aromatic N) is 4. The lowest BCUT2D eigenvalue weighted by molar-refractivity contribution is -0.220. The normalized spacial score (nSPS) is 31.5. The summed E-state index contributed by atoms with van der Waals surface area (Å²) in [4.78, 5) is 27.6. The molecule has 170 valence electrons. The highest BCUT2D eigenvalue weighted by atomic mass is 19.4. The number of likely N-dealkylation sites (tertiary alicyclic amines) is 1. The number of alkyl halides is 3. The maximum atomic E-state index is 13.7. The largest absolute Gasteiger partial charge is 0.487 e. The van der Waals surface area contributed by atoms with Gasteiger partial charge in [-0.3, -0.25) is 9.78 Å². The van der Waals surface area contributed by atoms with Gasteiger partial charge in [0, 0.05) is 36.8 Å². The van der Waals surface area contributed by atoms with E-state index in [4.69, 9.17) is 4.74 Å². The zero-order valence-corrected chi connectivity index (χ0v) is 17.7. The average molecular weight is 454 g/mol. The SMILES string of the molecule is O=C(N1C[C@@H]2C[C@H]1c1cncc(C#Cc3cncnc3)c1O2)C12CCC(C(F)(F)F)(CC1)C2. The van der Waals surface area contributed by atoms with Crippen molar-refractivity contribution in [3.8, 4) is 17.6 Å². The van der Waals surface area contributed by atoms with Gasteiger partial charge in [-0.05, 0) is 32.1 Å². The molecule has 2 aliphatic carbocycles. The Morgan fingerprint density at radius 2 is 1.82 bits per heavy atom. The Bertz CT molecular complexity index is 1180. The van der Waals surface area contributed by atoms with E-state index in [0.717, 1.165) is 5.56 Å². The van der Waals surface area contributed by atoms with E-state index in [2.05, 4.69) is 26.8 Å². The second-order valence-electron chi connectivity index (χ2n) is 9.67. The third-order valence-electron chi connectivity index (χ3n) is 7.89. The van der Waals surface area contributed by atoms with Crippen LogP contribution in [0.5, 0.6) is 5.75 Å². The summed E-state index contributed by atoms with van der Waals surface area (Å²) in [6, 6.07) is -0.253. The summed E-state index contributed by atoms with van der Waals surface area (Å²) in [6.45, 7) is 0.373. The molecule has 4 heterocycles. The van der Waals surface area contributed by atoms with Gasteiger partial charge in [0.2, 0.25) is 5.91 Å².